The summed E-state index contributed by atoms with van der Waals surface area (Å²) in [4.78, 5) is 7.10. The first kappa shape index (κ1) is 13.2. The molecule has 1 fully saturated rings. The monoisotopic (exact) mass is 264 g/mol. The first-order chi connectivity index (χ1) is 8.59. The van der Waals surface area contributed by atoms with E-state index in [4.69, 9.17) is 18.0 Å². The van der Waals surface area contributed by atoms with Crippen LogP contribution in [0.15, 0.2) is 12.3 Å². The van der Waals surface area contributed by atoms with Gasteiger partial charge in [0.05, 0.1) is 5.56 Å². The second-order valence-corrected chi connectivity index (χ2v) is 5.29. The van der Waals surface area contributed by atoms with Gasteiger partial charge in [-0.1, -0.05) is 12.2 Å². The summed E-state index contributed by atoms with van der Waals surface area (Å²) < 4.78 is 0. The number of likely N-dealkylation sites (N-methyl/N-ethyl adjacent to an activating group) is 1. The van der Waals surface area contributed by atoms with Gasteiger partial charge in [-0.3, -0.25) is 0 Å². The molecule has 1 aliphatic rings. The predicted molar refractivity (Wildman–Crippen MR) is 79.0 cm³/mol. The van der Waals surface area contributed by atoms with Crippen molar-refractivity contribution in [2.45, 2.75) is 25.8 Å². The van der Waals surface area contributed by atoms with E-state index < -0.39 is 0 Å². The van der Waals surface area contributed by atoms with Crippen molar-refractivity contribution in [3.05, 3.63) is 23.4 Å². The lowest BCUT2D eigenvalue weighted by atomic mass is 10.1. The van der Waals surface area contributed by atoms with Crippen LogP contribution in [-0.2, 0) is 0 Å². The maximum absolute atomic E-state index is 5.75. The minimum Gasteiger partial charge on any atom is -0.389 e. The molecule has 0 unspecified atom stereocenters. The molecule has 0 aromatic carbocycles. The third-order valence-corrected chi connectivity index (χ3v) is 3.54. The predicted octanol–water partition coefficient (Wildman–Crippen LogP) is 1.53. The zero-order valence-corrected chi connectivity index (χ0v) is 11.8. The summed E-state index contributed by atoms with van der Waals surface area (Å²) >= 11 is 5.08. The van der Waals surface area contributed by atoms with Gasteiger partial charge in [0.25, 0.3) is 0 Å². The number of nitrogens with one attached hydrogen (secondary N) is 1. The molecule has 0 spiro atoms. The van der Waals surface area contributed by atoms with Crippen molar-refractivity contribution in [2.24, 2.45) is 5.73 Å². The Labute approximate surface area is 114 Å². The number of nitrogens with zero attached hydrogens (tertiary/aromatic N) is 2. The Morgan fingerprint density at radius 1 is 1.61 bits per heavy atom. The molecule has 0 aliphatic heterocycles. The lowest BCUT2D eigenvalue weighted by Gasteiger charge is -2.17. The normalized spacial score (nSPS) is 14.8. The number of nitrogens with two attached hydrogens (primary N) is 1. The van der Waals surface area contributed by atoms with Crippen LogP contribution in [0.3, 0.4) is 0 Å². The van der Waals surface area contributed by atoms with Gasteiger partial charge >= 0.3 is 0 Å². The Balaban J connectivity index is 1.95. The number of anilines is 1. The van der Waals surface area contributed by atoms with E-state index in [2.05, 4.69) is 22.2 Å². The number of hydrogen-bond donors (Lipinski definition) is 2. The SMILES string of the molecule is Cc1ccnc(NCCN(C)C2CC2)c1C(N)=S. The van der Waals surface area contributed by atoms with Crippen LogP contribution in [0.1, 0.15) is 24.0 Å². The highest BCUT2D eigenvalue weighted by molar-refractivity contribution is 7.80. The third-order valence-electron chi connectivity index (χ3n) is 3.33. The van der Waals surface area contributed by atoms with Crippen molar-refractivity contribution in [2.75, 3.05) is 25.5 Å². The Morgan fingerprint density at radius 2 is 2.33 bits per heavy atom. The first-order valence-corrected chi connectivity index (χ1v) is 6.70. The van der Waals surface area contributed by atoms with E-state index in [1.807, 2.05) is 13.0 Å². The van der Waals surface area contributed by atoms with E-state index in [1.54, 1.807) is 6.20 Å². The Kier molecular flexibility index (Phi) is 4.14. The van der Waals surface area contributed by atoms with Gasteiger partial charge in [0, 0.05) is 25.3 Å². The highest BCUT2D eigenvalue weighted by atomic mass is 32.1. The molecule has 1 heterocycles. The largest absolute Gasteiger partial charge is 0.389 e. The van der Waals surface area contributed by atoms with Crippen molar-refractivity contribution in [3.63, 3.8) is 0 Å². The lowest BCUT2D eigenvalue weighted by molar-refractivity contribution is 0.337. The van der Waals surface area contributed by atoms with Crippen LogP contribution in [0.4, 0.5) is 5.82 Å². The second kappa shape index (κ2) is 5.63. The number of aryl methyl sites for hydroxylation is 1. The maximum atomic E-state index is 5.75. The average molecular weight is 264 g/mol. The van der Waals surface area contributed by atoms with Gasteiger partial charge in [0.2, 0.25) is 0 Å². The third kappa shape index (κ3) is 3.17. The fourth-order valence-electron chi connectivity index (χ4n) is 2.05. The highest BCUT2D eigenvalue weighted by Gasteiger charge is 2.25. The van der Waals surface area contributed by atoms with E-state index >= 15 is 0 Å². The van der Waals surface area contributed by atoms with Crippen LogP contribution in [0.25, 0.3) is 0 Å². The molecule has 0 saturated heterocycles. The summed E-state index contributed by atoms with van der Waals surface area (Å²) in [6, 6.07) is 2.71. The van der Waals surface area contributed by atoms with Crippen LogP contribution < -0.4 is 11.1 Å². The molecule has 1 aliphatic carbocycles. The molecule has 18 heavy (non-hydrogen) atoms. The molecule has 0 atom stereocenters. The molecule has 0 bridgehead atoms. The number of aromatic nitrogens is 1. The molecular weight excluding hydrogens is 244 g/mol. The summed E-state index contributed by atoms with van der Waals surface area (Å²) in [5.41, 5.74) is 7.67. The number of thiocarbonyl (C=S) groups is 1. The van der Waals surface area contributed by atoms with Gasteiger partial charge in [-0.05, 0) is 38.4 Å². The summed E-state index contributed by atoms with van der Waals surface area (Å²) in [7, 11) is 2.16. The molecule has 0 amide bonds. The Hall–Kier alpha value is -1.20. The number of hydrogen-bond acceptors (Lipinski definition) is 4. The summed E-state index contributed by atoms with van der Waals surface area (Å²) in [5.74, 6) is 0.798. The Bertz CT molecular complexity index is 443. The second-order valence-electron chi connectivity index (χ2n) is 4.85. The van der Waals surface area contributed by atoms with Gasteiger partial charge < -0.3 is 16.0 Å². The van der Waals surface area contributed by atoms with Crippen molar-refractivity contribution in [1.29, 1.82) is 0 Å². The zero-order chi connectivity index (χ0) is 13.1. The van der Waals surface area contributed by atoms with Gasteiger partial charge in [-0.25, -0.2) is 4.98 Å². The minimum atomic E-state index is 0.402. The van der Waals surface area contributed by atoms with E-state index in [0.717, 1.165) is 36.1 Å². The summed E-state index contributed by atoms with van der Waals surface area (Å²) in [6.45, 7) is 3.87. The van der Waals surface area contributed by atoms with Crippen LogP contribution in [0.5, 0.6) is 0 Å². The molecule has 1 aromatic heterocycles. The maximum Gasteiger partial charge on any atom is 0.136 e. The van der Waals surface area contributed by atoms with Crippen molar-refractivity contribution in [3.8, 4) is 0 Å². The van der Waals surface area contributed by atoms with Crippen LogP contribution >= 0.6 is 12.2 Å². The van der Waals surface area contributed by atoms with Gasteiger partial charge in [-0.2, -0.15) is 0 Å². The van der Waals surface area contributed by atoms with Crippen LogP contribution in [-0.4, -0.2) is 41.1 Å². The fraction of sp³-hybridized carbons (Fsp3) is 0.538. The minimum absolute atomic E-state index is 0.402. The zero-order valence-electron chi connectivity index (χ0n) is 10.9. The smallest absolute Gasteiger partial charge is 0.136 e. The first-order valence-electron chi connectivity index (χ1n) is 6.29. The molecular formula is C13H20N4S. The van der Waals surface area contributed by atoms with Gasteiger partial charge in [0.1, 0.15) is 10.8 Å². The van der Waals surface area contributed by atoms with E-state index in [1.165, 1.54) is 12.8 Å². The van der Waals surface area contributed by atoms with E-state index in [-0.39, 0.29) is 0 Å². The molecule has 5 heteroatoms. The molecule has 4 nitrogen and oxygen atoms in total. The van der Waals surface area contributed by atoms with Crippen molar-refractivity contribution < 1.29 is 0 Å². The molecule has 98 valence electrons. The van der Waals surface area contributed by atoms with Crippen LogP contribution in [0, 0.1) is 6.92 Å². The summed E-state index contributed by atoms with van der Waals surface area (Å²) in [5, 5.41) is 3.33. The molecule has 3 N–H and O–H groups in total. The van der Waals surface area contributed by atoms with Gasteiger partial charge in [0.15, 0.2) is 0 Å². The number of pyridine rings is 1. The lowest BCUT2D eigenvalue weighted by Crippen LogP contribution is -2.28. The van der Waals surface area contributed by atoms with Crippen LogP contribution in [0.2, 0.25) is 0 Å². The van der Waals surface area contributed by atoms with E-state index in [0.29, 0.717) is 4.99 Å². The van der Waals surface area contributed by atoms with Crippen molar-refractivity contribution in [1.82, 2.24) is 9.88 Å². The fourth-order valence-corrected chi connectivity index (χ4v) is 2.31. The molecule has 1 saturated carbocycles. The molecule has 0 radical (unpaired) electrons. The molecule has 1 aromatic rings. The average Bonchev–Trinajstić information content (AvgIpc) is 3.12. The summed E-state index contributed by atoms with van der Waals surface area (Å²) in [6.07, 6.45) is 4.44. The number of rotatable bonds is 6. The topological polar surface area (TPSA) is 54.2 Å². The van der Waals surface area contributed by atoms with E-state index in [9.17, 15) is 0 Å². The Morgan fingerprint density at radius 3 is 2.94 bits per heavy atom. The van der Waals surface area contributed by atoms with Crippen molar-refractivity contribution >= 4 is 23.0 Å². The quantitative estimate of drug-likeness (QED) is 0.763. The molecule has 2 rings (SSSR count). The standard InChI is InChI=1S/C13H20N4S/c1-9-5-6-15-13(11(9)12(14)18)16-7-8-17(2)10-3-4-10/h5-6,10H,3-4,7-8H2,1-2H3,(H2,14,18)(H,15,16). The highest BCUT2D eigenvalue weighted by Crippen LogP contribution is 2.24. The van der Waals surface area contributed by atoms with Gasteiger partial charge in [-0.15, -0.1) is 0 Å².